The second-order valence-corrected chi connectivity index (χ2v) is 6.80. The molecule has 0 aliphatic heterocycles. The van der Waals surface area contributed by atoms with Gasteiger partial charge in [0.15, 0.2) is 5.96 Å². The number of halogens is 1. The monoisotopic (exact) mass is 470 g/mol. The Hall–Kier alpha value is -0.120. The van der Waals surface area contributed by atoms with Crippen molar-refractivity contribution in [3.8, 4) is 0 Å². The van der Waals surface area contributed by atoms with Gasteiger partial charge in [0, 0.05) is 53.6 Å². The number of nitrogens with one attached hydrogen (secondary N) is 2. The van der Waals surface area contributed by atoms with Crippen LogP contribution < -0.4 is 10.6 Å². The number of aliphatic imine (C=N–C) groups is 1. The van der Waals surface area contributed by atoms with Gasteiger partial charge in [-0.2, -0.15) is 0 Å². The van der Waals surface area contributed by atoms with Crippen LogP contribution in [0, 0.1) is 5.41 Å². The Morgan fingerprint density at radius 1 is 1.16 bits per heavy atom. The van der Waals surface area contributed by atoms with Gasteiger partial charge in [-0.1, -0.05) is 12.8 Å². The predicted octanol–water partition coefficient (Wildman–Crippen LogP) is 2.33. The van der Waals surface area contributed by atoms with E-state index in [2.05, 4.69) is 34.5 Å². The third-order valence-electron chi connectivity index (χ3n) is 4.96. The molecule has 25 heavy (non-hydrogen) atoms. The summed E-state index contributed by atoms with van der Waals surface area (Å²) in [6, 6.07) is 0. The van der Waals surface area contributed by atoms with E-state index >= 15 is 0 Å². The number of rotatable bonds is 12. The van der Waals surface area contributed by atoms with Crippen LogP contribution in [-0.2, 0) is 9.47 Å². The number of ether oxygens (including phenoxy) is 2. The molecule has 0 aromatic carbocycles. The fourth-order valence-electron chi connectivity index (χ4n) is 3.29. The van der Waals surface area contributed by atoms with E-state index in [4.69, 9.17) is 9.47 Å². The second kappa shape index (κ2) is 15.0. The van der Waals surface area contributed by atoms with Crippen molar-refractivity contribution in [3.63, 3.8) is 0 Å². The summed E-state index contributed by atoms with van der Waals surface area (Å²) in [5.74, 6) is 0.901. The summed E-state index contributed by atoms with van der Waals surface area (Å²) >= 11 is 0. The molecule has 0 unspecified atom stereocenters. The van der Waals surface area contributed by atoms with Crippen molar-refractivity contribution >= 4 is 29.9 Å². The highest BCUT2D eigenvalue weighted by Crippen LogP contribution is 2.40. The van der Waals surface area contributed by atoms with E-state index in [-0.39, 0.29) is 24.0 Å². The zero-order valence-corrected chi connectivity index (χ0v) is 18.9. The fourth-order valence-corrected chi connectivity index (χ4v) is 3.29. The minimum Gasteiger partial charge on any atom is -0.383 e. The molecule has 1 aliphatic carbocycles. The van der Waals surface area contributed by atoms with Crippen LogP contribution in [0.1, 0.15) is 39.0 Å². The van der Waals surface area contributed by atoms with Gasteiger partial charge in [0.25, 0.3) is 0 Å². The van der Waals surface area contributed by atoms with Crippen LogP contribution in [0.3, 0.4) is 0 Å². The average molecular weight is 470 g/mol. The lowest BCUT2D eigenvalue weighted by atomic mass is 9.83. The van der Waals surface area contributed by atoms with Gasteiger partial charge in [-0.25, -0.2) is 0 Å². The third-order valence-corrected chi connectivity index (χ3v) is 4.96. The van der Waals surface area contributed by atoms with Crippen LogP contribution in [0.25, 0.3) is 0 Å². The molecule has 1 saturated carbocycles. The Labute approximate surface area is 171 Å². The standard InChI is InChI=1S/C18H38N4O2.HI/c1-5-24-14-10-18(8-6-7-9-18)16-21-17(19-2)20-11-12-22(3)13-15-23-4;/h5-16H2,1-4H3,(H2,19,20,21);1H. The average Bonchev–Trinajstić information content (AvgIpc) is 3.05. The molecule has 0 bridgehead atoms. The lowest BCUT2D eigenvalue weighted by molar-refractivity contribution is 0.105. The largest absolute Gasteiger partial charge is 0.383 e. The first-order chi connectivity index (χ1) is 11.7. The highest BCUT2D eigenvalue weighted by molar-refractivity contribution is 14.0. The molecule has 0 amide bonds. The maximum atomic E-state index is 5.59. The topological polar surface area (TPSA) is 58.1 Å². The fraction of sp³-hybridized carbons (Fsp3) is 0.944. The van der Waals surface area contributed by atoms with Crippen LogP contribution in [-0.4, -0.2) is 78.1 Å². The molecular formula is C18H39IN4O2. The van der Waals surface area contributed by atoms with Crippen molar-refractivity contribution in [2.24, 2.45) is 10.4 Å². The van der Waals surface area contributed by atoms with Gasteiger partial charge in [0.05, 0.1) is 6.61 Å². The predicted molar refractivity (Wildman–Crippen MR) is 116 cm³/mol. The normalized spacial score (nSPS) is 16.8. The van der Waals surface area contributed by atoms with Crippen molar-refractivity contribution in [3.05, 3.63) is 0 Å². The van der Waals surface area contributed by atoms with Crippen LogP contribution >= 0.6 is 24.0 Å². The van der Waals surface area contributed by atoms with Crippen LogP contribution in [0.2, 0.25) is 0 Å². The first-order valence-corrected chi connectivity index (χ1v) is 9.35. The Morgan fingerprint density at radius 3 is 2.48 bits per heavy atom. The summed E-state index contributed by atoms with van der Waals surface area (Å²) in [5, 5.41) is 6.95. The van der Waals surface area contributed by atoms with Gasteiger partial charge >= 0.3 is 0 Å². The Kier molecular flexibility index (Phi) is 14.9. The SMILES string of the molecule is CCOCCC1(CNC(=NC)NCCN(C)CCOC)CCCC1.I. The van der Waals surface area contributed by atoms with E-state index in [0.717, 1.165) is 58.4 Å². The van der Waals surface area contributed by atoms with Crippen LogP contribution in [0.15, 0.2) is 4.99 Å². The van der Waals surface area contributed by atoms with E-state index in [1.54, 1.807) is 7.11 Å². The van der Waals surface area contributed by atoms with Gasteiger partial charge in [0.1, 0.15) is 0 Å². The van der Waals surface area contributed by atoms with E-state index < -0.39 is 0 Å². The molecule has 150 valence electrons. The molecule has 2 N–H and O–H groups in total. The summed E-state index contributed by atoms with van der Waals surface area (Å²) in [5.41, 5.74) is 0.377. The van der Waals surface area contributed by atoms with Crippen LogP contribution in [0.5, 0.6) is 0 Å². The highest BCUT2D eigenvalue weighted by Gasteiger charge is 2.33. The van der Waals surface area contributed by atoms with Gasteiger partial charge in [-0.3, -0.25) is 4.99 Å². The quantitative estimate of drug-likeness (QED) is 0.199. The molecule has 6 nitrogen and oxygen atoms in total. The number of methoxy groups -OCH3 is 1. The maximum Gasteiger partial charge on any atom is 0.191 e. The zero-order chi connectivity index (χ0) is 17.7. The van der Waals surface area contributed by atoms with E-state index in [1.807, 2.05) is 7.05 Å². The Bertz CT molecular complexity index is 350. The van der Waals surface area contributed by atoms with Gasteiger partial charge in [-0.15, -0.1) is 24.0 Å². The molecule has 0 aromatic rings. The highest BCUT2D eigenvalue weighted by atomic mass is 127. The summed E-state index contributed by atoms with van der Waals surface area (Å²) in [6.07, 6.45) is 6.41. The molecule has 0 aromatic heterocycles. The smallest absolute Gasteiger partial charge is 0.191 e. The molecule has 1 fully saturated rings. The summed E-state index contributed by atoms with van der Waals surface area (Å²) in [6.45, 7) is 8.30. The number of hydrogen-bond acceptors (Lipinski definition) is 4. The molecular weight excluding hydrogens is 431 g/mol. The number of nitrogens with zero attached hydrogens (tertiary/aromatic N) is 2. The van der Waals surface area contributed by atoms with Gasteiger partial charge < -0.3 is 25.0 Å². The summed E-state index contributed by atoms with van der Waals surface area (Å²) in [4.78, 5) is 6.61. The molecule has 0 spiro atoms. The maximum absolute atomic E-state index is 5.59. The molecule has 0 radical (unpaired) electrons. The van der Waals surface area contributed by atoms with E-state index in [9.17, 15) is 0 Å². The number of likely N-dealkylation sites (N-methyl/N-ethyl adjacent to an activating group) is 1. The van der Waals surface area contributed by atoms with Crippen molar-refractivity contribution in [1.29, 1.82) is 0 Å². The molecule has 1 aliphatic rings. The van der Waals surface area contributed by atoms with Crippen LogP contribution in [0.4, 0.5) is 0 Å². The van der Waals surface area contributed by atoms with Crippen molar-refractivity contribution in [1.82, 2.24) is 15.5 Å². The number of guanidine groups is 1. The number of hydrogen-bond donors (Lipinski definition) is 2. The third kappa shape index (κ3) is 10.6. The van der Waals surface area contributed by atoms with Crippen molar-refractivity contribution < 1.29 is 9.47 Å². The van der Waals surface area contributed by atoms with E-state index in [1.165, 1.54) is 25.7 Å². The molecule has 0 atom stereocenters. The minimum absolute atomic E-state index is 0. The lowest BCUT2D eigenvalue weighted by Crippen LogP contribution is -2.45. The molecule has 1 rings (SSSR count). The summed E-state index contributed by atoms with van der Waals surface area (Å²) < 4.78 is 10.7. The molecule has 0 saturated heterocycles. The van der Waals surface area contributed by atoms with Crippen molar-refractivity contribution in [2.75, 3.05) is 67.2 Å². The minimum atomic E-state index is 0. The molecule has 0 heterocycles. The zero-order valence-electron chi connectivity index (χ0n) is 16.6. The van der Waals surface area contributed by atoms with Crippen molar-refractivity contribution in [2.45, 2.75) is 39.0 Å². The molecule has 7 heteroatoms. The first kappa shape index (κ1) is 24.9. The van der Waals surface area contributed by atoms with Gasteiger partial charge in [-0.05, 0) is 38.6 Å². The first-order valence-electron chi connectivity index (χ1n) is 9.35. The van der Waals surface area contributed by atoms with E-state index in [0.29, 0.717) is 5.41 Å². The Morgan fingerprint density at radius 2 is 1.88 bits per heavy atom. The second-order valence-electron chi connectivity index (χ2n) is 6.80. The Balaban J connectivity index is 0.00000576. The van der Waals surface area contributed by atoms with Gasteiger partial charge in [0.2, 0.25) is 0 Å². The lowest BCUT2D eigenvalue weighted by Gasteiger charge is -2.30. The summed E-state index contributed by atoms with van der Waals surface area (Å²) in [7, 11) is 5.69.